The number of benzene rings is 1. The highest BCUT2D eigenvalue weighted by molar-refractivity contribution is 9.11. The fraction of sp³-hybridized carbons (Fsp3) is 0.333. The molecular weight excluding hydrogens is 370 g/mol. The highest BCUT2D eigenvalue weighted by Gasteiger charge is 2.14. The van der Waals surface area contributed by atoms with Gasteiger partial charge < -0.3 is 9.73 Å². The number of nitrogens with one attached hydrogen (secondary N) is 1. The van der Waals surface area contributed by atoms with Crippen LogP contribution >= 0.6 is 31.9 Å². The zero-order valence-electron chi connectivity index (χ0n) is 10.8. The van der Waals surface area contributed by atoms with E-state index in [-0.39, 0.29) is 6.04 Å². The predicted octanol–water partition coefficient (Wildman–Crippen LogP) is 5.09. The van der Waals surface area contributed by atoms with Crippen molar-refractivity contribution in [3.05, 3.63) is 56.9 Å². The van der Waals surface area contributed by atoms with Gasteiger partial charge in [0.1, 0.15) is 5.76 Å². The number of hydrogen-bond acceptors (Lipinski definition) is 2. The Morgan fingerprint density at radius 2 is 1.95 bits per heavy atom. The van der Waals surface area contributed by atoms with Crippen LogP contribution in [-0.4, -0.2) is 6.54 Å². The minimum absolute atomic E-state index is 0.264. The number of rotatable bonds is 6. The Hall–Kier alpha value is -0.580. The predicted molar refractivity (Wildman–Crippen MR) is 85.3 cm³/mol. The Kier molecular flexibility index (Phi) is 5.67. The molecule has 1 atom stereocenters. The van der Waals surface area contributed by atoms with Crippen LogP contribution in [0, 0.1) is 0 Å². The van der Waals surface area contributed by atoms with Crippen LogP contribution in [0.3, 0.4) is 0 Å². The van der Waals surface area contributed by atoms with E-state index in [0.717, 1.165) is 34.1 Å². The lowest BCUT2D eigenvalue weighted by Gasteiger charge is -2.18. The average molecular weight is 387 g/mol. The molecule has 0 spiro atoms. The van der Waals surface area contributed by atoms with Gasteiger partial charge >= 0.3 is 0 Å². The van der Waals surface area contributed by atoms with Gasteiger partial charge in [0, 0.05) is 21.4 Å². The average Bonchev–Trinajstić information content (AvgIpc) is 2.86. The number of furan rings is 1. The quantitative estimate of drug-likeness (QED) is 0.747. The van der Waals surface area contributed by atoms with E-state index in [9.17, 15) is 0 Å². The van der Waals surface area contributed by atoms with Gasteiger partial charge in [-0.1, -0.05) is 38.8 Å². The first-order valence-corrected chi connectivity index (χ1v) is 7.99. The molecule has 2 rings (SSSR count). The van der Waals surface area contributed by atoms with Crippen molar-refractivity contribution in [1.82, 2.24) is 5.32 Å². The van der Waals surface area contributed by atoms with Crippen molar-refractivity contribution in [1.29, 1.82) is 0 Å². The summed E-state index contributed by atoms with van der Waals surface area (Å²) in [4.78, 5) is 0. The lowest BCUT2D eigenvalue weighted by molar-refractivity contribution is 0.449. The summed E-state index contributed by atoms with van der Waals surface area (Å²) in [6.07, 6.45) is 3.70. The smallest absolute Gasteiger partial charge is 0.105 e. The second kappa shape index (κ2) is 7.27. The second-order valence-corrected chi connectivity index (χ2v) is 6.32. The number of hydrogen-bond donors (Lipinski definition) is 1. The summed E-state index contributed by atoms with van der Waals surface area (Å²) in [5, 5.41) is 3.58. The van der Waals surface area contributed by atoms with Crippen molar-refractivity contribution in [3.8, 4) is 0 Å². The van der Waals surface area contributed by atoms with Gasteiger partial charge in [0.25, 0.3) is 0 Å². The topological polar surface area (TPSA) is 25.2 Å². The van der Waals surface area contributed by atoms with Crippen molar-refractivity contribution in [2.45, 2.75) is 25.8 Å². The Labute approximate surface area is 130 Å². The lowest BCUT2D eigenvalue weighted by Crippen LogP contribution is -2.24. The fourth-order valence-corrected chi connectivity index (χ4v) is 3.36. The maximum Gasteiger partial charge on any atom is 0.105 e. The van der Waals surface area contributed by atoms with Gasteiger partial charge in [0.05, 0.1) is 6.26 Å². The molecule has 1 unspecified atom stereocenters. The van der Waals surface area contributed by atoms with Crippen molar-refractivity contribution in [3.63, 3.8) is 0 Å². The molecule has 0 fully saturated rings. The molecule has 1 N–H and O–H groups in total. The minimum atomic E-state index is 0.264. The van der Waals surface area contributed by atoms with Crippen molar-refractivity contribution < 1.29 is 4.42 Å². The summed E-state index contributed by atoms with van der Waals surface area (Å²) in [6, 6.07) is 10.6. The first kappa shape index (κ1) is 14.8. The second-order valence-electron chi connectivity index (χ2n) is 4.49. The molecule has 0 radical (unpaired) electrons. The van der Waals surface area contributed by atoms with Crippen LogP contribution in [0.2, 0.25) is 0 Å². The van der Waals surface area contributed by atoms with Gasteiger partial charge in [-0.2, -0.15) is 0 Å². The summed E-state index contributed by atoms with van der Waals surface area (Å²) in [5.41, 5.74) is 1.26. The van der Waals surface area contributed by atoms with E-state index in [1.165, 1.54) is 5.56 Å². The highest BCUT2D eigenvalue weighted by atomic mass is 79.9. The lowest BCUT2D eigenvalue weighted by atomic mass is 10.0. The van der Waals surface area contributed by atoms with Crippen LogP contribution in [-0.2, 0) is 6.42 Å². The Morgan fingerprint density at radius 3 is 2.53 bits per heavy atom. The molecule has 0 saturated heterocycles. The van der Waals surface area contributed by atoms with Gasteiger partial charge in [0.15, 0.2) is 0 Å². The van der Waals surface area contributed by atoms with E-state index < -0.39 is 0 Å². The molecule has 0 amide bonds. The maximum absolute atomic E-state index is 5.46. The van der Waals surface area contributed by atoms with E-state index >= 15 is 0 Å². The molecule has 19 heavy (non-hydrogen) atoms. The standard InChI is InChI=1S/C15H17Br2NO/c1-2-5-18-15(10-14-4-3-6-19-14)11-7-12(16)9-13(17)8-11/h3-4,6-9,15,18H,2,5,10H2,1H3. The minimum Gasteiger partial charge on any atom is -0.469 e. The van der Waals surface area contributed by atoms with Crippen LogP contribution in [0.5, 0.6) is 0 Å². The summed E-state index contributed by atoms with van der Waals surface area (Å²) >= 11 is 7.09. The van der Waals surface area contributed by atoms with Crippen molar-refractivity contribution in [2.75, 3.05) is 6.54 Å². The zero-order valence-corrected chi connectivity index (χ0v) is 14.0. The molecule has 0 aliphatic rings. The molecular formula is C15H17Br2NO. The normalized spacial score (nSPS) is 12.6. The molecule has 0 aliphatic carbocycles. The Balaban J connectivity index is 2.20. The molecule has 4 heteroatoms. The third kappa shape index (κ3) is 4.48. The van der Waals surface area contributed by atoms with E-state index in [1.54, 1.807) is 6.26 Å². The van der Waals surface area contributed by atoms with Gasteiger partial charge in [0.2, 0.25) is 0 Å². The van der Waals surface area contributed by atoms with E-state index in [4.69, 9.17) is 4.42 Å². The fourth-order valence-electron chi connectivity index (χ4n) is 2.03. The number of halogens is 2. The molecule has 1 aromatic heterocycles. The van der Waals surface area contributed by atoms with E-state index in [2.05, 4.69) is 56.2 Å². The van der Waals surface area contributed by atoms with Crippen LogP contribution < -0.4 is 5.32 Å². The summed E-state index contributed by atoms with van der Waals surface area (Å²) in [5.74, 6) is 1.00. The largest absolute Gasteiger partial charge is 0.469 e. The monoisotopic (exact) mass is 385 g/mol. The maximum atomic E-state index is 5.46. The van der Waals surface area contributed by atoms with Crippen LogP contribution in [0.1, 0.15) is 30.7 Å². The van der Waals surface area contributed by atoms with Crippen molar-refractivity contribution in [2.24, 2.45) is 0 Å². The third-order valence-corrected chi connectivity index (χ3v) is 3.83. The zero-order chi connectivity index (χ0) is 13.7. The van der Waals surface area contributed by atoms with Crippen molar-refractivity contribution >= 4 is 31.9 Å². The Bertz CT molecular complexity index is 491. The molecule has 2 aromatic rings. The summed E-state index contributed by atoms with van der Waals surface area (Å²) in [7, 11) is 0. The van der Waals surface area contributed by atoms with Gasteiger partial charge in [-0.3, -0.25) is 0 Å². The first-order valence-electron chi connectivity index (χ1n) is 6.40. The van der Waals surface area contributed by atoms with Crippen LogP contribution in [0.25, 0.3) is 0 Å². The SMILES string of the molecule is CCCNC(Cc1ccco1)c1cc(Br)cc(Br)c1. The molecule has 1 aromatic carbocycles. The van der Waals surface area contributed by atoms with Gasteiger partial charge in [-0.05, 0) is 48.9 Å². The molecule has 0 aliphatic heterocycles. The van der Waals surface area contributed by atoms with Crippen LogP contribution in [0.15, 0.2) is 50.0 Å². The first-order chi connectivity index (χ1) is 9.19. The molecule has 0 bridgehead atoms. The Morgan fingerprint density at radius 1 is 1.21 bits per heavy atom. The third-order valence-electron chi connectivity index (χ3n) is 2.91. The molecule has 1 heterocycles. The molecule has 102 valence electrons. The molecule has 2 nitrogen and oxygen atoms in total. The van der Waals surface area contributed by atoms with E-state index in [1.807, 2.05) is 18.2 Å². The van der Waals surface area contributed by atoms with Gasteiger partial charge in [-0.25, -0.2) is 0 Å². The van der Waals surface area contributed by atoms with Gasteiger partial charge in [-0.15, -0.1) is 0 Å². The van der Waals surface area contributed by atoms with Crippen LogP contribution in [0.4, 0.5) is 0 Å². The van der Waals surface area contributed by atoms with E-state index in [0.29, 0.717) is 0 Å². The highest BCUT2D eigenvalue weighted by Crippen LogP contribution is 2.26. The summed E-state index contributed by atoms with van der Waals surface area (Å²) < 4.78 is 7.63. The summed E-state index contributed by atoms with van der Waals surface area (Å²) in [6.45, 7) is 3.17. The molecule has 0 saturated carbocycles.